The summed E-state index contributed by atoms with van der Waals surface area (Å²) in [6, 6.07) is 13.2. The van der Waals surface area contributed by atoms with Crippen LogP contribution < -0.4 is 15.4 Å². The minimum absolute atomic E-state index is 0.131. The van der Waals surface area contributed by atoms with Crippen LogP contribution in [0.4, 0.5) is 10.1 Å². The Morgan fingerprint density at radius 1 is 1.11 bits per heavy atom. The van der Waals surface area contributed by atoms with Crippen molar-refractivity contribution >= 4 is 29.3 Å². The molecule has 144 valence electrons. The van der Waals surface area contributed by atoms with Gasteiger partial charge in [0.15, 0.2) is 0 Å². The molecule has 7 heteroatoms. The van der Waals surface area contributed by atoms with Crippen LogP contribution in [0.25, 0.3) is 0 Å². The van der Waals surface area contributed by atoms with Crippen LogP contribution in [0.5, 0.6) is 5.75 Å². The first-order chi connectivity index (χ1) is 12.9. The minimum Gasteiger partial charge on any atom is -0.492 e. The molecule has 2 rings (SSSR count). The van der Waals surface area contributed by atoms with E-state index in [4.69, 9.17) is 4.74 Å². The molecule has 1 atom stereocenters. The molecule has 0 saturated carbocycles. The summed E-state index contributed by atoms with van der Waals surface area (Å²) in [5.74, 6) is 0.135. The van der Waals surface area contributed by atoms with Crippen LogP contribution in [0.3, 0.4) is 0 Å². The molecule has 0 aliphatic heterocycles. The fourth-order valence-electron chi connectivity index (χ4n) is 2.13. The maximum absolute atomic E-state index is 12.8. The molecule has 0 radical (unpaired) electrons. The third-order valence-corrected chi connectivity index (χ3v) is 4.80. The SMILES string of the molecule is Cc1ccc(OCCNC(=O)[C@H](C)SCC(=O)Nc2ccc(F)cc2)cc1. The Bertz CT molecular complexity index is 751. The van der Waals surface area contributed by atoms with E-state index in [1.807, 2.05) is 31.2 Å². The highest BCUT2D eigenvalue weighted by Gasteiger charge is 2.15. The van der Waals surface area contributed by atoms with Gasteiger partial charge in [-0.15, -0.1) is 11.8 Å². The lowest BCUT2D eigenvalue weighted by Crippen LogP contribution is -2.34. The summed E-state index contributed by atoms with van der Waals surface area (Å²) in [7, 11) is 0. The summed E-state index contributed by atoms with van der Waals surface area (Å²) >= 11 is 1.23. The molecule has 2 aromatic rings. The first-order valence-corrected chi connectivity index (χ1v) is 9.63. The summed E-state index contributed by atoms with van der Waals surface area (Å²) < 4.78 is 18.4. The summed E-state index contributed by atoms with van der Waals surface area (Å²) in [6.07, 6.45) is 0. The Balaban J connectivity index is 1.62. The molecule has 2 aromatic carbocycles. The zero-order valence-corrected chi connectivity index (χ0v) is 16.1. The quantitative estimate of drug-likeness (QED) is 0.644. The van der Waals surface area contributed by atoms with Crippen molar-refractivity contribution in [2.75, 3.05) is 24.2 Å². The van der Waals surface area contributed by atoms with Crippen molar-refractivity contribution in [2.45, 2.75) is 19.1 Å². The minimum atomic E-state index is -0.372. The van der Waals surface area contributed by atoms with Gasteiger partial charge in [0.05, 0.1) is 17.5 Å². The summed E-state index contributed by atoms with van der Waals surface area (Å²) in [6.45, 7) is 4.51. The van der Waals surface area contributed by atoms with E-state index >= 15 is 0 Å². The van der Waals surface area contributed by atoms with Crippen molar-refractivity contribution in [1.29, 1.82) is 0 Å². The number of carbonyl (C=O) groups excluding carboxylic acids is 2. The van der Waals surface area contributed by atoms with E-state index in [0.717, 1.165) is 11.3 Å². The highest BCUT2D eigenvalue weighted by molar-refractivity contribution is 8.01. The molecule has 0 unspecified atom stereocenters. The van der Waals surface area contributed by atoms with Gasteiger partial charge in [-0.25, -0.2) is 4.39 Å². The number of hydrogen-bond acceptors (Lipinski definition) is 4. The number of ether oxygens (including phenoxy) is 1. The monoisotopic (exact) mass is 390 g/mol. The molecule has 27 heavy (non-hydrogen) atoms. The zero-order valence-electron chi connectivity index (χ0n) is 15.3. The van der Waals surface area contributed by atoms with Gasteiger partial charge in [-0.2, -0.15) is 0 Å². The van der Waals surface area contributed by atoms with Crippen molar-refractivity contribution in [3.05, 3.63) is 59.9 Å². The van der Waals surface area contributed by atoms with Gasteiger partial charge in [-0.1, -0.05) is 17.7 Å². The van der Waals surface area contributed by atoms with Crippen LogP contribution in [0.15, 0.2) is 48.5 Å². The van der Waals surface area contributed by atoms with Gasteiger partial charge in [0, 0.05) is 5.69 Å². The normalized spacial score (nSPS) is 11.5. The van der Waals surface area contributed by atoms with Crippen molar-refractivity contribution in [2.24, 2.45) is 0 Å². The number of aryl methyl sites for hydroxylation is 1. The highest BCUT2D eigenvalue weighted by Crippen LogP contribution is 2.13. The number of thioether (sulfide) groups is 1. The summed E-state index contributed by atoms with van der Waals surface area (Å²) in [5, 5.41) is 5.07. The molecular weight excluding hydrogens is 367 g/mol. The molecule has 0 saturated heterocycles. The molecular formula is C20H23FN2O3S. The fraction of sp³-hybridized carbons (Fsp3) is 0.300. The van der Waals surface area contributed by atoms with Crippen LogP contribution in [-0.4, -0.2) is 36.0 Å². The molecule has 0 spiro atoms. The average molecular weight is 390 g/mol. The van der Waals surface area contributed by atoms with E-state index in [1.54, 1.807) is 6.92 Å². The fourth-order valence-corrected chi connectivity index (χ4v) is 2.84. The van der Waals surface area contributed by atoms with Gasteiger partial charge >= 0.3 is 0 Å². The van der Waals surface area contributed by atoms with Crippen molar-refractivity contribution < 1.29 is 18.7 Å². The second-order valence-corrected chi connectivity index (χ2v) is 7.29. The Morgan fingerprint density at radius 2 is 1.78 bits per heavy atom. The Hall–Kier alpha value is -2.54. The van der Waals surface area contributed by atoms with E-state index in [2.05, 4.69) is 10.6 Å². The maximum Gasteiger partial charge on any atom is 0.234 e. The van der Waals surface area contributed by atoms with Crippen LogP contribution in [0.1, 0.15) is 12.5 Å². The van der Waals surface area contributed by atoms with Crippen LogP contribution in [0.2, 0.25) is 0 Å². The lowest BCUT2D eigenvalue weighted by molar-refractivity contribution is -0.120. The zero-order chi connectivity index (χ0) is 19.6. The van der Waals surface area contributed by atoms with Gasteiger partial charge in [-0.3, -0.25) is 9.59 Å². The maximum atomic E-state index is 12.8. The Morgan fingerprint density at radius 3 is 2.44 bits per heavy atom. The predicted octanol–water partition coefficient (Wildman–Crippen LogP) is 3.39. The Labute approximate surface area is 162 Å². The predicted molar refractivity (Wildman–Crippen MR) is 107 cm³/mol. The van der Waals surface area contributed by atoms with Gasteiger partial charge in [0.25, 0.3) is 0 Å². The standard InChI is InChI=1S/C20H23FN2O3S/c1-14-3-9-18(10-4-14)26-12-11-22-20(25)15(2)27-13-19(24)23-17-7-5-16(21)6-8-17/h3-10,15H,11-13H2,1-2H3,(H,22,25)(H,23,24)/t15-/m0/s1. The van der Waals surface area contributed by atoms with Gasteiger partial charge in [0.2, 0.25) is 11.8 Å². The van der Waals surface area contributed by atoms with Crippen LogP contribution in [-0.2, 0) is 9.59 Å². The lowest BCUT2D eigenvalue weighted by atomic mass is 10.2. The topological polar surface area (TPSA) is 67.4 Å². The molecule has 2 amide bonds. The van der Waals surface area contributed by atoms with Crippen molar-refractivity contribution in [3.8, 4) is 5.75 Å². The number of halogens is 1. The molecule has 2 N–H and O–H groups in total. The third kappa shape index (κ3) is 7.70. The number of rotatable bonds is 9. The van der Waals surface area contributed by atoms with E-state index in [1.165, 1.54) is 36.0 Å². The number of carbonyl (C=O) groups is 2. The number of benzene rings is 2. The van der Waals surface area contributed by atoms with E-state index in [9.17, 15) is 14.0 Å². The average Bonchev–Trinajstić information content (AvgIpc) is 2.66. The van der Waals surface area contributed by atoms with Gasteiger partial charge < -0.3 is 15.4 Å². The van der Waals surface area contributed by atoms with E-state index < -0.39 is 0 Å². The number of anilines is 1. The molecule has 0 fully saturated rings. The number of amides is 2. The van der Waals surface area contributed by atoms with Gasteiger partial charge in [-0.05, 0) is 50.2 Å². The number of hydrogen-bond donors (Lipinski definition) is 2. The van der Waals surface area contributed by atoms with E-state index in [0.29, 0.717) is 18.8 Å². The molecule has 0 heterocycles. The van der Waals surface area contributed by atoms with Crippen molar-refractivity contribution in [3.63, 3.8) is 0 Å². The Kier molecular flexibility index (Phi) is 8.13. The highest BCUT2D eigenvalue weighted by atomic mass is 32.2. The second-order valence-electron chi connectivity index (χ2n) is 5.96. The first-order valence-electron chi connectivity index (χ1n) is 8.58. The largest absolute Gasteiger partial charge is 0.492 e. The molecule has 0 bridgehead atoms. The first kappa shape index (κ1) is 20.8. The third-order valence-electron chi connectivity index (χ3n) is 3.65. The van der Waals surface area contributed by atoms with Gasteiger partial charge in [0.1, 0.15) is 18.2 Å². The summed E-state index contributed by atoms with van der Waals surface area (Å²) in [5.41, 5.74) is 1.68. The second kappa shape index (κ2) is 10.6. The molecule has 5 nitrogen and oxygen atoms in total. The molecule has 0 aliphatic carbocycles. The smallest absolute Gasteiger partial charge is 0.234 e. The summed E-state index contributed by atoms with van der Waals surface area (Å²) in [4.78, 5) is 23.9. The van der Waals surface area contributed by atoms with Crippen molar-refractivity contribution in [1.82, 2.24) is 5.32 Å². The lowest BCUT2D eigenvalue weighted by Gasteiger charge is -2.12. The van der Waals surface area contributed by atoms with E-state index in [-0.39, 0.29) is 28.6 Å². The van der Waals surface area contributed by atoms with Crippen LogP contribution in [0, 0.1) is 12.7 Å². The molecule has 0 aliphatic rings. The number of nitrogens with one attached hydrogen (secondary N) is 2. The molecule has 0 aromatic heterocycles. The van der Waals surface area contributed by atoms with Crippen LogP contribution >= 0.6 is 11.8 Å².